The second kappa shape index (κ2) is 11.9. The highest BCUT2D eigenvalue weighted by Crippen LogP contribution is 2.27. The first kappa shape index (κ1) is 26.4. The number of fused-ring (bicyclic) bond motifs is 1. The molecular weight excluding hydrogens is 539 g/mol. The van der Waals surface area contributed by atoms with Crippen LogP contribution in [-0.4, -0.2) is 51.0 Å². The fraction of sp³-hybridized carbons (Fsp3) is 0.435. The van der Waals surface area contributed by atoms with Crippen molar-refractivity contribution >= 4 is 40.0 Å². The van der Waals surface area contributed by atoms with Gasteiger partial charge in [-0.3, -0.25) is 0 Å². The summed E-state index contributed by atoms with van der Waals surface area (Å²) in [6.45, 7) is 7.57. The second-order valence-electron chi connectivity index (χ2n) is 7.89. The van der Waals surface area contributed by atoms with E-state index in [-0.39, 0.29) is 36.1 Å². The first-order valence-electron chi connectivity index (χ1n) is 10.6. The molecule has 0 bridgehead atoms. The van der Waals surface area contributed by atoms with E-state index in [9.17, 15) is 8.42 Å². The summed E-state index contributed by atoms with van der Waals surface area (Å²) in [5.41, 5.74) is 2.17. The minimum atomic E-state index is -3.48. The maximum atomic E-state index is 12.6. The van der Waals surface area contributed by atoms with Gasteiger partial charge in [-0.1, -0.05) is 30.3 Å². The van der Waals surface area contributed by atoms with E-state index < -0.39 is 10.0 Å². The smallest absolute Gasteiger partial charge is 0.243 e. The van der Waals surface area contributed by atoms with E-state index in [0.29, 0.717) is 23.9 Å². The summed E-state index contributed by atoms with van der Waals surface area (Å²) in [6.07, 6.45) is 0.951. The molecule has 2 aromatic carbocycles. The van der Waals surface area contributed by atoms with Crippen molar-refractivity contribution in [1.82, 2.24) is 14.9 Å². The van der Waals surface area contributed by atoms with Gasteiger partial charge >= 0.3 is 0 Å². The number of para-hydroxylation sites is 1. The van der Waals surface area contributed by atoms with Gasteiger partial charge in [-0.05, 0) is 50.1 Å². The first-order chi connectivity index (χ1) is 14.8. The van der Waals surface area contributed by atoms with Crippen LogP contribution in [0.1, 0.15) is 31.9 Å². The molecule has 32 heavy (non-hydrogen) atoms. The van der Waals surface area contributed by atoms with Crippen LogP contribution in [0, 0.1) is 0 Å². The molecule has 176 valence electrons. The minimum Gasteiger partial charge on any atom is -0.488 e. The molecule has 1 unspecified atom stereocenters. The Kier molecular flexibility index (Phi) is 9.78. The lowest BCUT2D eigenvalue weighted by atomic mass is 10.1. The Morgan fingerprint density at radius 2 is 1.84 bits per heavy atom. The fourth-order valence-corrected chi connectivity index (χ4v) is 4.67. The van der Waals surface area contributed by atoms with Crippen LogP contribution in [0.5, 0.6) is 5.75 Å². The maximum Gasteiger partial charge on any atom is 0.243 e. The molecule has 0 aromatic heterocycles. The highest BCUT2D eigenvalue weighted by molar-refractivity contribution is 14.0. The topological polar surface area (TPSA) is 83.0 Å². The number of hydrogen-bond donors (Lipinski definition) is 2. The molecule has 2 N–H and O–H groups in total. The normalized spacial score (nSPS) is 15.8. The molecule has 2 aromatic rings. The van der Waals surface area contributed by atoms with Gasteiger partial charge in [-0.25, -0.2) is 13.4 Å². The molecule has 1 heterocycles. The Balaban J connectivity index is 0.00000363. The van der Waals surface area contributed by atoms with Crippen molar-refractivity contribution in [3.05, 3.63) is 59.7 Å². The SMILES string of the molecule is CCNC(=NCc1ccc(S(=O)(=O)N(C)C(C)C)cc1)NCC1Cc2ccccc2O1.I. The second-order valence-corrected chi connectivity index (χ2v) is 9.88. The van der Waals surface area contributed by atoms with Crippen molar-refractivity contribution in [2.45, 2.75) is 50.8 Å². The third kappa shape index (κ3) is 6.58. The van der Waals surface area contributed by atoms with Crippen molar-refractivity contribution in [3.63, 3.8) is 0 Å². The largest absolute Gasteiger partial charge is 0.488 e. The number of benzene rings is 2. The molecule has 1 atom stereocenters. The van der Waals surface area contributed by atoms with Gasteiger partial charge < -0.3 is 15.4 Å². The quantitative estimate of drug-likeness (QED) is 0.288. The van der Waals surface area contributed by atoms with Gasteiger partial charge in [0.05, 0.1) is 18.0 Å². The molecule has 9 heteroatoms. The molecule has 1 aliphatic rings. The summed E-state index contributed by atoms with van der Waals surface area (Å²) in [5.74, 6) is 1.66. The van der Waals surface area contributed by atoms with Gasteiger partial charge in [-0.15, -0.1) is 24.0 Å². The average Bonchev–Trinajstić information content (AvgIpc) is 3.18. The maximum absolute atomic E-state index is 12.6. The number of nitrogens with one attached hydrogen (secondary N) is 2. The van der Waals surface area contributed by atoms with E-state index in [1.165, 1.54) is 9.87 Å². The van der Waals surface area contributed by atoms with Crippen LogP contribution in [0.25, 0.3) is 0 Å². The lowest BCUT2D eigenvalue weighted by Gasteiger charge is -2.21. The predicted octanol–water partition coefficient (Wildman–Crippen LogP) is 3.39. The third-order valence-corrected chi connectivity index (χ3v) is 7.35. The lowest BCUT2D eigenvalue weighted by molar-refractivity contribution is 0.235. The summed E-state index contributed by atoms with van der Waals surface area (Å²) in [7, 11) is -1.88. The van der Waals surface area contributed by atoms with Crippen LogP contribution in [0.3, 0.4) is 0 Å². The van der Waals surface area contributed by atoms with Gasteiger partial charge in [0.2, 0.25) is 10.0 Å². The fourth-order valence-electron chi connectivity index (χ4n) is 3.30. The zero-order valence-corrected chi connectivity index (χ0v) is 22.2. The number of ether oxygens (including phenoxy) is 1. The van der Waals surface area contributed by atoms with Crippen LogP contribution < -0.4 is 15.4 Å². The van der Waals surface area contributed by atoms with Gasteiger partial charge in [0.25, 0.3) is 0 Å². The van der Waals surface area contributed by atoms with Gasteiger partial charge in [0.15, 0.2) is 5.96 Å². The predicted molar refractivity (Wildman–Crippen MR) is 139 cm³/mol. The first-order valence-corrected chi connectivity index (χ1v) is 12.1. The zero-order valence-electron chi connectivity index (χ0n) is 19.0. The van der Waals surface area contributed by atoms with Gasteiger partial charge in [0, 0.05) is 26.1 Å². The number of halogens is 1. The van der Waals surface area contributed by atoms with E-state index in [1.54, 1.807) is 19.2 Å². The molecule has 3 rings (SSSR count). The Labute approximate surface area is 208 Å². The summed E-state index contributed by atoms with van der Waals surface area (Å²) in [5, 5.41) is 6.58. The van der Waals surface area contributed by atoms with Crippen molar-refractivity contribution < 1.29 is 13.2 Å². The Morgan fingerprint density at radius 3 is 2.47 bits per heavy atom. The number of nitrogens with zero attached hydrogens (tertiary/aromatic N) is 2. The van der Waals surface area contributed by atoms with Crippen molar-refractivity contribution in [1.29, 1.82) is 0 Å². The number of guanidine groups is 1. The molecular formula is C23H33IN4O3S. The average molecular weight is 573 g/mol. The molecule has 0 amide bonds. The molecule has 7 nitrogen and oxygen atoms in total. The van der Waals surface area contributed by atoms with Crippen LogP contribution in [-0.2, 0) is 23.0 Å². The van der Waals surface area contributed by atoms with Crippen LogP contribution >= 0.6 is 24.0 Å². The molecule has 0 spiro atoms. The Bertz CT molecular complexity index is 985. The molecule has 0 fully saturated rings. The third-order valence-electron chi connectivity index (χ3n) is 5.30. The van der Waals surface area contributed by atoms with Gasteiger partial charge in [-0.2, -0.15) is 4.31 Å². The van der Waals surface area contributed by atoms with Crippen molar-refractivity contribution in [2.75, 3.05) is 20.1 Å². The molecule has 0 radical (unpaired) electrons. The van der Waals surface area contributed by atoms with Crippen LogP contribution in [0.4, 0.5) is 0 Å². The number of aliphatic imine (C=N–C) groups is 1. The van der Waals surface area contributed by atoms with E-state index in [2.05, 4.69) is 21.7 Å². The highest BCUT2D eigenvalue weighted by Gasteiger charge is 2.23. The molecule has 0 saturated heterocycles. The Morgan fingerprint density at radius 1 is 1.16 bits per heavy atom. The molecule has 1 aliphatic heterocycles. The number of hydrogen-bond acceptors (Lipinski definition) is 4. The lowest BCUT2D eigenvalue weighted by Crippen LogP contribution is -2.42. The summed E-state index contributed by atoms with van der Waals surface area (Å²) < 4.78 is 32.5. The standard InChI is InChI=1S/C23H32N4O3S.HI/c1-5-24-23(26-16-20-14-19-8-6-7-9-22(19)30-20)25-15-18-10-12-21(13-11-18)31(28,29)27(4)17(2)3;/h6-13,17,20H,5,14-16H2,1-4H3,(H2,24,25,26);1H. The van der Waals surface area contributed by atoms with E-state index in [0.717, 1.165) is 24.3 Å². The van der Waals surface area contributed by atoms with E-state index in [4.69, 9.17) is 4.74 Å². The van der Waals surface area contributed by atoms with Crippen molar-refractivity contribution in [2.24, 2.45) is 4.99 Å². The van der Waals surface area contributed by atoms with Crippen molar-refractivity contribution in [3.8, 4) is 5.75 Å². The minimum absolute atomic E-state index is 0. The molecule has 0 aliphatic carbocycles. The summed E-state index contributed by atoms with van der Waals surface area (Å²) in [4.78, 5) is 4.92. The summed E-state index contributed by atoms with van der Waals surface area (Å²) >= 11 is 0. The van der Waals surface area contributed by atoms with Gasteiger partial charge in [0.1, 0.15) is 11.9 Å². The monoisotopic (exact) mass is 572 g/mol. The zero-order chi connectivity index (χ0) is 22.4. The van der Waals surface area contributed by atoms with E-state index in [1.807, 2.05) is 51.1 Å². The highest BCUT2D eigenvalue weighted by atomic mass is 127. The van der Waals surface area contributed by atoms with Crippen LogP contribution in [0.2, 0.25) is 0 Å². The number of sulfonamides is 1. The molecule has 0 saturated carbocycles. The van der Waals surface area contributed by atoms with E-state index >= 15 is 0 Å². The number of rotatable bonds is 8. The Hall–Kier alpha value is -1.85. The summed E-state index contributed by atoms with van der Waals surface area (Å²) in [6, 6.07) is 14.9. The van der Waals surface area contributed by atoms with Crippen LogP contribution in [0.15, 0.2) is 58.4 Å².